The van der Waals surface area contributed by atoms with Crippen molar-refractivity contribution in [1.29, 1.82) is 0 Å². The molecule has 1 saturated carbocycles. The Kier molecular flexibility index (Phi) is 4.05. The van der Waals surface area contributed by atoms with Gasteiger partial charge in [0, 0.05) is 11.1 Å². The Hall–Kier alpha value is -2.09. The lowest BCUT2D eigenvalue weighted by molar-refractivity contribution is 0.103. The third kappa shape index (κ3) is 2.99. The molecule has 21 heavy (non-hydrogen) atoms. The Balaban J connectivity index is 1.79. The standard InChI is InChI=1S/C19H20O2/c1-2-21-18-8-4-7-17(13-18)19(20)16-11-9-15(10-12-16)14-5-3-6-14/h4,7-14H,2-3,5-6H2,1H3. The van der Waals surface area contributed by atoms with Gasteiger partial charge in [-0.15, -0.1) is 0 Å². The highest BCUT2D eigenvalue weighted by atomic mass is 16.5. The van der Waals surface area contributed by atoms with E-state index >= 15 is 0 Å². The first-order valence-corrected chi connectivity index (χ1v) is 7.65. The summed E-state index contributed by atoms with van der Waals surface area (Å²) in [6.07, 6.45) is 3.89. The van der Waals surface area contributed by atoms with Crippen LogP contribution in [-0.2, 0) is 0 Å². The van der Waals surface area contributed by atoms with Gasteiger partial charge in [0.05, 0.1) is 6.61 Å². The van der Waals surface area contributed by atoms with E-state index in [1.807, 2.05) is 43.3 Å². The Morgan fingerprint density at radius 1 is 1.10 bits per heavy atom. The van der Waals surface area contributed by atoms with Crippen molar-refractivity contribution < 1.29 is 9.53 Å². The fourth-order valence-corrected chi connectivity index (χ4v) is 2.71. The first-order valence-electron chi connectivity index (χ1n) is 7.65. The average Bonchev–Trinajstić information content (AvgIpc) is 2.46. The third-order valence-corrected chi connectivity index (χ3v) is 4.16. The van der Waals surface area contributed by atoms with Crippen LogP contribution in [0.4, 0.5) is 0 Å². The largest absolute Gasteiger partial charge is 0.494 e. The van der Waals surface area contributed by atoms with Crippen LogP contribution >= 0.6 is 0 Å². The molecule has 2 aromatic carbocycles. The van der Waals surface area contributed by atoms with E-state index < -0.39 is 0 Å². The van der Waals surface area contributed by atoms with Crippen molar-refractivity contribution in [2.75, 3.05) is 6.61 Å². The van der Waals surface area contributed by atoms with Gasteiger partial charge in [-0.05, 0) is 43.4 Å². The Bertz CT molecular complexity index is 624. The highest BCUT2D eigenvalue weighted by Crippen LogP contribution is 2.36. The van der Waals surface area contributed by atoms with Crippen LogP contribution < -0.4 is 4.74 Å². The van der Waals surface area contributed by atoms with Crippen LogP contribution in [0.2, 0.25) is 0 Å². The summed E-state index contributed by atoms with van der Waals surface area (Å²) in [6, 6.07) is 15.5. The molecule has 0 heterocycles. The van der Waals surface area contributed by atoms with Gasteiger partial charge in [-0.25, -0.2) is 0 Å². The summed E-state index contributed by atoms with van der Waals surface area (Å²) in [7, 11) is 0. The van der Waals surface area contributed by atoms with E-state index in [0.717, 1.165) is 11.3 Å². The van der Waals surface area contributed by atoms with Gasteiger partial charge in [0.1, 0.15) is 5.75 Å². The summed E-state index contributed by atoms with van der Waals surface area (Å²) < 4.78 is 5.45. The summed E-state index contributed by atoms with van der Waals surface area (Å²) in [5, 5.41) is 0. The highest BCUT2D eigenvalue weighted by Gasteiger charge is 2.19. The number of carbonyl (C=O) groups excluding carboxylic acids is 1. The molecular formula is C19H20O2. The second kappa shape index (κ2) is 6.13. The summed E-state index contributed by atoms with van der Waals surface area (Å²) in [4.78, 5) is 12.5. The molecule has 0 unspecified atom stereocenters. The van der Waals surface area contributed by atoms with Crippen LogP contribution in [-0.4, -0.2) is 12.4 Å². The molecule has 0 aliphatic heterocycles. The molecule has 1 aliphatic carbocycles. The Labute approximate surface area is 125 Å². The van der Waals surface area contributed by atoms with Crippen molar-refractivity contribution in [3.05, 3.63) is 65.2 Å². The number of benzene rings is 2. The molecule has 0 N–H and O–H groups in total. The zero-order valence-electron chi connectivity index (χ0n) is 12.3. The summed E-state index contributed by atoms with van der Waals surface area (Å²) in [6.45, 7) is 2.54. The van der Waals surface area contributed by atoms with Crippen LogP contribution in [0.1, 0.15) is 53.6 Å². The van der Waals surface area contributed by atoms with E-state index in [9.17, 15) is 4.79 Å². The molecule has 2 aromatic rings. The van der Waals surface area contributed by atoms with E-state index in [2.05, 4.69) is 12.1 Å². The van der Waals surface area contributed by atoms with Gasteiger partial charge < -0.3 is 4.74 Å². The van der Waals surface area contributed by atoms with Gasteiger partial charge in [-0.1, -0.05) is 42.8 Å². The molecule has 2 nitrogen and oxygen atoms in total. The molecule has 0 spiro atoms. The number of carbonyl (C=O) groups is 1. The summed E-state index contributed by atoms with van der Waals surface area (Å²) in [5.41, 5.74) is 2.78. The lowest BCUT2D eigenvalue weighted by Crippen LogP contribution is -2.09. The van der Waals surface area contributed by atoms with Crippen molar-refractivity contribution in [2.45, 2.75) is 32.1 Å². The topological polar surface area (TPSA) is 26.3 Å². The third-order valence-electron chi connectivity index (χ3n) is 4.16. The summed E-state index contributed by atoms with van der Waals surface area (Å²) >= 11 is 0. The second-order valence-electron chi connectivity index (χ2n) is 5.54. The molecule has 2 heteroatoms. The average molecular weight is 280 g/mol. The van der Waals surface area contributed by atoms with E-state index in [-0.39, 0.29) is 5.78 Å². The molecule has 0 radical (unpaired) electrons. The van der Waals surface area contributed by atoms with Crippen LogP contribution in [0.25, 0.3) is 0 Å². The minimum absolute atomic E-state index is 0.0525. The lowest BCUT2D eigenvalue weighted by Gasteiger charge is -2.25. The van der Waals surface area contributed by atoms with Crippen molar-refractivity contribution in [2.24, 2.45) is 0 Å². The highest BCUT2D eigenvalue weighted by molar-refractivity contribution is 6.09. The quantitative estimate of drug-likeness (QED) is 0.749. The molecule has 1 aliphatic rings. The monoisotopic (exact) mass is 280 g/mol. The predicted molar refractivity (Wildman–Crippen MR) is 84.1 cm³/mol. The van der Waals surface area contributed by atoms with Gasteiger partial charge in [-0.2, -0.15) is 0 Å². The van der Waals surface area contributed by atoms with Crippen molar-refractivity contribution in [1.82, 2.24) is 0 Å². The first-order chi connectivity index (χ1) is 10.3. The minimum atomic E-state index is 0.0525. The Morgan fingerprint density at radius 2 is 1.86 bits per heavy atom. The Morgan fingerprint density at radius 3 is 2.48 bits per heavy atom. The maximum atomic E-state index is 12.5. The molecule has 0 aromatic heterocycles. The van der Waals surface area contributed by atoms with Gasteiger partial charge >= 0.3 is 0 Å². The van der Waals surface area contributed by atoms with E-state index in [1.54, 1.807) is 0 Å². The SMILES string of the molecule is CCOc1cccc(C(=O)c2ccc(C3CCC3)cc2)c1. The predicted octanol–water partition coefficient (Wildman–Crippen LogP) is 4.58. The van der Waals surface area contributed by atoms with Crippen molar-refractivity contribution in [3.8, 4) is 5.75 Å². The van der Waals surface area contributed by atoms with Crippen molar-refractivity contribution >= 4 is 5.78 Å². The van der Waals surface area contributed by atoms with E-state index in [4.69, 9.17) is 4.74 Å². The lowest BCUT2D eigenvalue weighted by atomic mass is 9.80. The van der Waals surface area contributed by atoms with Gasteiger partial charge in [0.2, 0.25) is 0 Å². The molecule has 0 amide bonds. The minimum Gasteiger partial charge on any atom is -0.494 e. The van der Waals surface area contributed by atoms with Crippen LogP contribution in [0, 0.1) is 0 Å². The zero-order valence-corrected chi connectivity index (χ0v) is 12.3. The fourth-order valence-electron chi connectivity index (χ4n) is 2.71. The maximum Gasteiger partial charge on any atom is 0.193 e. The molecule has 108 valence electrons. The maximum absolute atomic E-state index is 12.5. The van der Waals surface area contributed by atoms with E-state index in [0.29, 0.717) is 18.1 Å². The summed E-state index contributed by atoms with van der Waals surface area (Å²) in [5.74, 6) is 1.50. The zero-order chi connectivity index (χ0) is 14.7. The number of hydrogen-bond acceptors (Lipinski definition) is 2. The smallest absolute Gasteiger partial charge is 0.193 e. The van der Waals surface area contributed by atoms with Crippen molar-refractivity contribution in [3.63, 3.8) is 0 Å². The normalized spacial score (nSPS) is 14.5. The van der Waals surface area contributed by atoms with Gasteiger partial charge in [-0.3, -0.25) is 4.79 Å². The van der Waals surface area contributed by atoms with E-state index in [1.165, 1.54) is 24.8 Å². The van der Waals surface area contributed by atoms with Crippen LogP contribution in [0.3, 0.4) is 0 Å². The number of ketones is 1. The van der Waals surface area contributed by atoms with Crippen LogP contribution in [0.15, 0.2) is 48.5 Å². The molecule has 0 atom stereocenters. The van der Waals surface area contributed by atoms with Gasteiger partial charge in [0.15, 0.2) is 5.78 Å². The molecule has 0 saturated heterocycles. The van der Waals surface area contributed by atoms with Gasteiger partial charge in [0.25, 0.3) is 0 Å². The number of hydrogen-bond donors (Lipinski definition) is 0. The molecule has 3 rings (SSSR count). The first kappa shape index (κ1) is 13.9. The molecular weight excluding hydrogens is 260 g/mol. The molecule has 1 fully saturated rings. The second-order valence-corrected chi connectivity index (χ2v) is 5.54. The number of rotatable bonds is 5. The molecule has 0 bridgehead atoms. The fraction of sp³-hybridized carbons (Fsp3) is 0.316. The number of ether oxygens (including phenoxy) is 1. The van der Waals surface area contributed by atoms with Crippen LogP contribution in [0.5, 0.6) is 5.75 Å².